The molecule has 0 saturated carbocycles. The van der Waals surface area contributed by atoms with Crippen LogP contribution in [0.15, 0.2) is 22.7 Å². The highest BCUT2D eigenvalue weighted by atomic mass is 79.9. The molecular formula is C15H18BrNO4. The van der Waals surface area contributed by atoms with E-state index >= 15 is 0 Å². The van der Waals surface area contributed by atoms with Gasteiger partial charge in [-0.15, -0.1) is 0 Å². The third-order valence-electron chi connectivity index (χ3n) is 3.72. The number of likely N-dealkylation sites (tertiary alicyclic amines) is 1. The van der Waals surface area contributed by atoms with Crippen LogP contribution in [0.1, 0.15) is 23.2 Å². The number of piperidine rings is 1. The summed E-state index contributed by atoms with van der Waals surface area (Å²) in [5, 5.41) is 0. The Morgan fingerprint density at radius 3 is 2.48 bits per heavy atom. The first-order chi connectivity index (χ1) is 10.1. The van der Waals surface area contributed by atoms with Crippen molar-refractivity contribution in [2.45, 2.75) is 12.8 Å². The van der Waals surface area contributed by atoms with Crippen LogP contribution < -0.4 is 4.74 Å². The van der Waals surface area contributed by atoms with Gasteiger partial charge in [-0.05, 0) is 47.0 Å². The zero-order chi connectivity index (χ0) is 15.4. The van der Waals surface area contributed by atoms with Gasteiger partial charge in [-0.1, -0.05) is 0 Å². The quantitative estimate of drug-likeness (QED) is 0.781. The Kier molecular flexibility index (Phi) is 5.22. The van der Waals surface area contributed by atoms with E-state index in [2.05, 4.69) is 15.9 Å². The molecule has 1 aliphatic heterocycles. The second kappa shape index (κ2) is 6.93. The topological polar surface area (TPSA) is 55.8 Å². The van der Waals surface area contributed by atoms with E-state index in [9.17, 15) is 9.59 Å². The van der Waals surface area contributed by atoms with Crippen LogP contribution >= 0.6 is 15.9 Å². The number of carbonyl (C=O) groups excluding carboxylic acids is 2. The molecule has 1 amide bonds. The van der Waals surface area contributed by atoms with Gasteiger partial charge in [-0.25, -0.2) is 0 Å². The smallest absolute Gasteiger partial charge is 0.308 e. The maximum Gasteiger partial charge on any atom is 0.308 e. The fourth-order valence-electron chi connectivity index (χ4n) is 2.45. The van der Waals surface area contributed by atoms with Crippen LogP contribution in [-0.4, -0.2) is 44.1 Å². The minimum absolute atomic E-state index is 0.0518. The molecule has 0 aromatic heterocycles. The van der Waals surface area contributed by atoms with E-state index in [4.69, 9.17) is 9.47 Å². The fourth-order valence-corrected chi connectivity index (χ4v) is 2.87. The Hall–Kier alpha value is -1.56. The van der Waals surface area contributed by atoms with E-state index in [1.807, 2.05) is 0 Å². The summed E-state index contributed by atoms with van der Waals surface area (Å²) in [5.41, 5.74) is 0.575. The fraction of sp³-hybridized carbons (Fsp3) is 0.467. The maximum absolute atomic E-state index is 12.6. The maximum atomic E-state index is 12.6. The van der Waals surface area contributed by atoms with E-state index in [0.29, 0.717) is 37.2 Å². The number of hydrogen-bond acceptors (Lipinski definition) is 4. The zero-order valence-corrected chi connectivity index (χ0v) is 13.7. The van der Waals surface area contributed by atoms with Gasteiger partial charge in [0.25, 0.3) is 5.91 Å². The molecule has 6 heteroatoms. The molecule has 0 atom stereocenters. The summed E-state index contributed by atoms with van der Waals surface area (Å²) in [6.07, 6.45) is 1.28. The molecule has 0 unspecified atom stereocenters. The summed E-state index contributed by atoms with van der Waals surface area (Å²) in [7, 11) is 2.96. The lowest BCUT2D eigenvalue weighted by Crippen LogP contribution is -2.40. The summed E-state index contributed by atoms with van der Waals surface area (Å²) in [5.74, 6) is 0.299. The van der Waals surface area contributed by atoms with Crippen LogP contribution in [0.2, 0.25) is 0 Å². The second-order valence-electron chi connectivity index (χ2n) is 4.94. The molecule has 1 aromatic rings. The van der Waals surface area contributed by atoms with Crippen molar-refractivity contribution in [2.24, 2.45) is 5.92 Å². The number of amides is 1. The van der Waals surface area contributed by atoms with Crippen LogP contribution in [0.3, 0.4) is 0 Å². The first-order valence-corrected chi connectivity index (χ1v) is 7.56. The van der Waals surface area contributed by atoms with Gasteiger partial charge in [0.2, 0.25) is 0 Å². The largest absolute Gasteiger partial charge is 0.497 e. The molecule has 0 N–H and O–H groups in total. The van der Waals surface area contributed by atoms with Crippen molar-refractivity contribution >= 4 is 27.8 Å². The summed E-state index contributed by atoms with van der Waals surface area (Å²) < 4.78 is 10.6. The Morgan fingerprint density at radius 2 is 1.90 bits per heavy atom. The SMILES string of the molecule is COC(=O)C1CCN(C(=O)c2cc(OC)ccc2Br)CC1. The molecule has 1 aromatic carbocycles. The van der Waals surface area contributed by atoms with Crippen molar-refractivity contribution in [2.75, 3.05) is 27.3 Å². The van der Waals surface area contributed by atoms with E-state index in [0.717, 1.165) is 4.47 Å². The molecule has 21 heavy (non-hydrogen) atoms. The second-order valence-corrected chi connectivity index (χ2v) is 5.79. The highest BCUT2D eigenvalue weighted by molar-refractivity contribution is 9.10. The monoisotopic (exact) mass is 355 g/mol. The number of rotatable bonds is 3. The predicted octanol–water partition coefficient (Wildman–Crippen LogP) is 2.48. The Labute approximate surface area is 132 Å². The summed E-state index contributed by atoms with van der Waals surface area (Å²) in [4.78, 5) is 25.8. The third-order valence-corrected chi connectivity index (χ3v) is 4.41. The molecule has 1 saturated heterocycles. The van der Waals surface area contributed by atoms with Crippen molar-refractivity contribution in [3.05, 3.63) is 28.2 Å². The third kappa shape index (κ3) is 3.56. The van der Waals surface area contributed by atoms with Gasteiger partial charge in [-0.3, -0.25) is 9.59 Å². The van der Waals surface area contributed by atoms with Crippen LogP contribution in [0.4, 0.5) is 0 Å². The minimum atomic E-state index is -0.190. The summed E-state index contributed by atoms with van der Waals surface area (Å²) in [6.45, 7) is 1.12. The molecule has 0 radical (unpaired) electrons. The number of esters is 1. The Morgan fingerprint density at radius 1 is 1.24 bits per heavy atom. The van der Waals surface area contributed by atoms with Crippen molar-refractivity contribution in [1.29, 1.82) is 0 Å². The van der Waals surface area contributed by atoms with E-state index in [-0.39, 0.29) is 17.8 Å². The van der Waals surface area contributed by atoms with Gasteiger partial charge in [0.1, 0.15) is 5.75 Å². The minimum Gasteiger partial charge on any atom is -0.497 e. The number of methoxy groups -OCH3 is 2. The lowest BCUT2D eigenvalue weighted by Gasteiger charge is -2.31. The molecule has 1 heterocycles. The van der Waals surface area contributed by atoms with Gasteiger partial charge in [0.05, 0.1) is 25.7 Å². The summed E-state index contributed by atoms with van der Waals surface area (Å²) in [6, 6.07) is 5.32. The number of carbonyl (C=O) groups is 2. The molecule has 1 aliphatic rings. The molecule has 5 nitrogen and oxygen atoms in total. The Bertz CT molecular complexity index is 538. The molecule has 2 rings (SSSR count). The standard InChI is InChI=1S/C15H18BrNO4/c1-20-11-3-4-13(16)12(9-11)14(18)17-7-5-10(6-8-17)15(19)21-2/h3-4,9-10H,5-8H2,1-2H3. The van der Waals surface area contributed by atoms with Gasteiger partial charge in [0, 0.05) is 17.6 Å². The molecular weight excluding hydrogens is 338 g/mol. The number of nitrogens with zero attached hydrogens (tertiary/aromatic N) is 1. The van der Waals surface area contributed by atoms with E-state index < -0.39 is 0 Å². The Balaban J connectivity index is 2.07. The first kappa shape index (κ1) is 15.8. The number of halogens is 1. The van der Waals surface area contributed by atoms with Gasteiger partial charge in [-0.2, -0.15) is 0 Å². The molecule has 114 valence electrons. The molecule has 1 fully saturated rings. The van der Waals surface area contributed by atoms with Crippen molar-refractivity contribution in [1.82, 2.24) is 4.90 Å². The highest BCUT2D eigenvalue weighted by Gasteiger charge is 2.29. The lowest BCUT2D eigenvalue weighted by atomic mass is 9.96. The average molecular weight is 356 g/mol. The number of benzene rings is 1. The molecule has 0 bridgehead atoms. The van der Waals surface area contributed by atoms with Crippen molar-refractivity contribution in [3.63, 3.8) is 0 Å². The molecule has 0 spiro atoms. The highest BCUT2D eigenvalue weighted by Crippen LogP contribution is 2.26. The lowest BCUT2D eigenvalue weighted by molar-refractivity contribution is -0.146. The van der Waals surface area contributed by atoms with Gasteiger partial charge >= 0.3 is 5.97 Å². The molecule has 0 aliphatic carbocycles. The predicted molar refractivity (Wildman–Crippen MR) is 81.3 cm³/mol. The van der Waals surface area contributed by atoms with E-state index in [1.54, 1.807) is 30.2 Å². The van der Waals surface area contributed by atoms with Crippen LogP contribution in [0, 0.1) is 5.92 Å². The normalized spacial score (nSPS) is 15.7. The zero-order valence-electron chi connectivity index (χ0n) is 12.1. The van der Waals surface area contributed by atoms with Crippen LogP contribution in [-0.2, 0) is 9.53 Å². The van der Waals surface area contributed by atoms with Crippen molar-refractivity contribution < 1.29 is 19.1 Å². The van der Waals surface area contributed by atoms with E-state index in [1.165, 1.54) is 7.11 Å². The summed E-state index contributed by atoms with van der Waals surface area (Å²) >= 11 is 3.40. The van der Waals surface area contributed by atoms with Crippen molar-refractivity contribution in [3.8, 4) is 5.75 Å². The van der Waals surface area contributed by atoms with Gasteiger partial charge in [0.15, 0.2) is 0 Å². The number of ether oxygens (including phenoxy) is 2. The van der Waals surface area contributed by atoms with Gasteiger partial charge < -0.3 is 14.4 Å². The van der Waals surface area contributed by atoms with Crippen LogP contribution in [0.25, 0.3) is 0 Å². The average Bonchev–Trinajstić information content (AvgIpc) is 2.54. The number of hydrogen-bond donors (Lipinski definition) is 0. The van der Waals surface area contributed by atoms with Crippen LogP contribution in [0.5, 0.6) is 5.75 Å². The first-order valence-electron chi connectivity index (χ1n) is 6.77.